The van der Waals surface area contributed by atoms with E-state index in [1.54, 1.807) is 6.07 Å². The molecule has 4 heteroatoms. The lowest BCUT2D eigenvalue weighted by atomic mass is 9.85. The van der Waals surface area contributed by atoms with Crippen molar-refractivity contribution in [2.75, 3.05) is 6.54 Å². The zero-order valence-corrected chi connectivity index (χ0v) is 12.6. The van der Waals surface area contributed by atoms with Crippen LogP contribution in [0.2, 0.25) is 0 Å². The van der Waals surface area contributed by atoms with E-state index in [9.17, 15) is 5.11 Å². The van der Waals surface area contributed by atoms with Gasteiger partial charge in [-0.15, -0.1) is 0 Å². The van der Waals surface area contributed by atoms with E-state index in [1.165, 1.54) is 43.2 Å². The summed E-state index contributed by atoms with van der Waals surface area (Å²) in [6, 6.07) is 3.85. The number of phenols is 1. The maximum absolute atomic E-state index is 10.1. The van der Waals surface area contributed by atoms with Crippen LogP contribution in [0.25, 0.3) is 0 Å². The summed E-state index contributed by atoms with van der Waals surface area (Å²) in [6.45, 7) is 1.40. The first-order valence-corrected chi connectivity index (χ1v) is 8.10. The summed E-state index contributed by atoms with van der Waals surface area (Å²) < 4.78 is 0. The van der Waals surface area contributed by atoms with E-state index in [-0.39, 0.29) is 0 Å². The van der Waals surface area contributed by atoms with Gasteiger partial charge in [0, 0.05) is 12.1 Å². The molecule has 0 bridgehead atoms. The minimum atomic E-state index is 0.353. The standard InChI is InChI=1S/C17H25N3O/c18-17(19-10-12-4-3-5-12)20-11-15-14-7-2-1-6-13(14)8-9-16(15)21/h8-9,12,21H,1-7,10-11H2,(H3,18,19,20). The number of hydrogen-bond acceptors (Lipinski definition) is 2. The quantitative estimate of drug-likeness (QED) is 0.588. The second-order valence-corrected chi connectivity index (χ2v) is 6.29. The second-order valence-electron chi connectivity index (χ2n) is 6.29. The van der Waals surface area contributed by atoms with Gasteiger partial charge in [0.2, 0.25) is 0 Å². The van der Waals surface area contributed by atoms with Gasteiger partial charge in [0.1, 0.15) is 5.75 Å². The molecule has 0 aromatic heterocycles. The summed E-state index contributed by atoms with van der Waals surface area (Å²) in [7, 11) is 0. The Hall–Kier alpha value is -1.71. The van der Waals surface area contributed by atoms with E-state index in [2.05, 4.69) is 16.4 Å². The van der Waals surface area contributed by atoms with Crippen LogP contribution >= 0.6 is 0 Å². The highest BCUT2D eigenvalue weighted by Crippen LogP contribution is 2.31. The predicted molar refractivity (Wildman–Crippen MR) is 85.4 cm³/mol. The van der Waals surface area contributed by atoms with Crippen LogP contribution < -0.4 is 11.1 Å². The van der Waals surface area contributed by atoms with Crippen molar-refractivity contribution in [3.63, 3.8) is 0 Å². The Labute approximate surface area is 126 Å². The molecule has 0 aliphatic heterocycles. The van der Waals surface area contributed by atoms with Crippen molar-refractivity contribution in [1.82, 2.24) is 5.32 Å². The molecule has 1 saturated carbocycles. The van der Waals surface area contributed by atoms with E-state index in [4.69, 9.17) is 5.73 Å². The minimum Gasteiger partial charge on any atom is -0.508 e. The van der Waals surface area contributed by atoms with E-state index in [0.29, 0.717) is 18.3 Å². The fraction of sp³-hybridized carbons (Fsp3) is 0.588. The van der Waals surface area contributed by atoms with Crippen LogP contribution in [-0.4, -0.2) is 17.6 Å². The number of aromatic hydroxyl groups is 1. The zero-order chi connectivity index (χ0) is 14.7. The number of nitrogens with one attached hydrogen (secondary N) is 1. The van der Waals surface area contributed by atoms with Gasteiger partial charge >= 0.3 is 0 Å². The van der Waals surface area contributed by atoms with Gasteiger partial charge in [0.15, 0.2) is 5.96 Å². The number of nitrogens with two attached hydrogens (primary N) is 1. The van der Waals surface area contributed by atoms with Crippen LogP contribution in [0.15, 0.2) is 17.1 Å². The smallest absolute Gasteiger partial charge is 0.188 e. The maximum Gasteiger partial charge on any atom is 0.188 e. The maximum atomic E-state index is 10.1. The second kappa shape index (κ2) is 6.37. The van der Waals surface area contributed by atoms with Crippen molar-refractivity contribution in [2.45, 2.75) is 51.5 Å². The average molecular weight is 287 g/mol. The van der Waals surface area contributed by atoms with Crippen molar-refractivity contribution in [1.29, 1.82) is 0 Å². The fourth-order valence-corrected chi connectivity index (χ4v) is 3.23. The van der Waals surface area contributed by atoms with Gasteiger partial charge in [-0.05, 0) is 61.6 Å². The van der Waals surface area contributed by atoms with Crippen LogP contribution in [-0.2, 0) is 19.4 Å². The highest BCUT2D eigenvalue weighted by Gasteiger charge is 2.18. The van der Waals surface area contributed by atoms with Gasteiger partial charge in [-0.3, -0.25) is 0 Å². The summed E-state index contributed by atoms with van der Waals surface area (Å²) in [5.41, 5.74) is 9.55. The molecule has 4 nitrogen and oxygen atoms in total. The molecule has 1 fully saturated rings. The SMILES string of the molecule is NC(=NCc1c(O)ccc2c1CCCC2)NCC1CCC1. The number of rotatable bonds is 4. The molecule has 2 aliphatic carbocycles. The molecule has 0 unspecified atom stereocenters. The number of fused-ring (bicyclic) bond motifs is 1. The molecule has 0 heterocycles. The Balaban J connectivity index is 1.66. The minimum absolute atomic E-state index is 0.353. The summed E-state index contributed by atoms with van der Waals surface area (Å²) in [4.78, 5) is 4.42. The van der Waals surface area contributed by atoms with Crippen molar-refractivity contribution in [2.24, 2.45) is 16.6 Å². The van der Waals surface area contributed by atoms with Crippen molar-refractivity contribution in [3.8, 4) is 5.75 Å². The van der Waals surface area contributed by atoms with Crippen LogP contribution in [0, 0.1) is 5.92 Å². The number of nitrogens with zero attached hydrogens (tertiary/aromatic N) is 1. The van der Waals surface area contributed by atoms with Gasteiger partial charge in [-0.1, -0.05) is 12.5 Å². The number of benzene rings is 1. The van der Waals surface area contributed by atoms with Crippen LogP contribution in [0.5, 0.6) is 5.75 Å². The average Bonchev–Trinajstić information content (AvgIpc) is 2.44. The Morgan fingerprint density at radius 1 is 1.24 bits per heavy atom. The molecule has 1 aromatic rings. The first-order valence-electron chi connectivity index (χ1n) is 8.10. The summed E-state index contributed by atoms with van der Waals surface area (Å²) >= 11 is 0. The lowest BCUT2D eigenvalue weighted by Gasteiger charge is -2.25. The largest absolute Gasteiger partial charge is 0.508 e. The first-order chi connectivity index (χ1) is 10.2. The van der Waals surface area contributed by atoms with Gasteiger partial charge in [-0.25, -0.2) is 4.99 Å². The number of hydrogen-bond donors (Lipinski definition) is 3. The van der Waals surface area contributed by atoms with E-state index >= 15 is 0 Å². The van der Waals surface area contributed by atoms with Crippen LogP contribution in [0.4, 0.5) is 0 Å². The molecule has 0 radical (unpaired) electrons. The topological polar surface area (TPSA) is 70.6 Å². The molecule has 114 valence electrons. The molecule has 0 amide bonds. The Kier molecular flexibility index (Phi) is 4.32. The third kappa shape index (κ3) is 3.31. The highest BCUT2D eigenvalue weighted by molar-refractivity contribution is 5.77. The Morgan fingerprint density at radius 2 is 2.05 bits per heavy atom. The van der Waals surface area contributed by atoms with E-state index in [1.807, 2.05) is 0 Å². The van der Waals surface area contributed by atoms with E-state index in [0.717, 1.165) is 30.9 Å². The molecule has 0 atom stereocenters. The first kappa shape index (κ1) is 14.2. The molecule has 1 aromatic carbocycles. The summed E-state index contributed by atoms with van der Waals surface area (Å²) in [6.07, 6.45) is 8.54. The number of aliphatic imine (C=N–C) groups is 1. The van der Waals surface area contributed by atoms with Gasteiger partial charge in [0.05, 0.1) is 6.54 Å². The Bertz CT molecular complexity index is 535. The monoisotopic (exact) mass is 287 g/mol. The van der Waals surface area contributed by atoms with E-state index < -0.39 is 0 Å². The summed E-state index contributed by atoms with van der Waals surface area (Å²) in [5.74, 6) is 1.61. The summed E-state index contributed by atoms with van der Waals surface area (Å²) in [5, 5.41) is 13.3. The Morgan fingerprint density at radius 3 is 2.81 bits per heavy atom. The zero-order valence-electron chi connectivity index (χ0n) is 12.6. The molecular weight excluding hydrogens is 262 g/mol. The number of guanidine groups is 1. The number of aryl methyl sites for hydroxylation is 1. The molecule has 2 aliphatic rings. The lowest BCUT2D eigenvalue weighted by molar-refractivity contribution is 0.315. The third-order valence-corrected chi connectivity index (χ3v) is 4.83. The molecule has 21 heavy (non-hydrogen) atoms. The third-order valence-electron chi connectivity index (χ3n) is 4.83. The molecule has 4 N–H and O–H groups in total. The van der Waals surface area contributed by atoms with Gasteiger partial charge in [0.25, 0.3) is 0 Å². The van der Waals surface area contributed by atoms with Crippen molar-refractivity contribution < 1.29 is 5.11 Å². The normalized spacial score (nSPS) is 19.0. The molecule has 3 rings (SSSR count). The predicted octanol–water partition coefficient (Wildman–Crippen LogP) is 2.48. The van der Waals surface area contributed by atoms with Crippen molar-refractivity contribution >= 4 is 5.96 Å². The number of phenolic OH excluding ortho intramolecular Hbond substituents is 1. The van der Waals surface area contributed by atoms with Gasteiger partial charge < -0.3 is 16.2 Å². The molecule has 0 spiro atoms. The fourth-order valence-electron chi connectivity index (χ4n) is 3.23. The van der Waals surface area contributed by atoms with Crippen LogP contribution in [0.1, 0.15) is 48.8 Å². The van der Waals surface area contributed by atoms with Gasteiger partial charge in [-0.2, -0.15) is 0 Å². The highest BCUT2D eigenvalue weighted by atomic mass is 16.3. The molecule has 0 saturated heterocycles. The van der Waals surface area contributed by atoms with Crippen molar-refractivity contribution in [3.05, 3.63) is 28.8 Å². The molecular formula is C17H25N3O. The van der Waals surface area contributed by atoms with Crippen LogP contribution in [0.3, 0.4) is 0 Å². The lowest BCUT2D eigenvalue weighted by Crippen LogP contribution is -2.37.